The number of carbonyl (C=O) groups excluding carboxylic acids is 2. The standard InChI is InChI=1S/C19H19N3O7S/c1-2-29-20-8-11-9-30-17-13(16(24)22(17)14(11)19(27)28)21-15(23)12(18(25)26)10-6-4-3-5-7-10/h3-8,12-13,17H,2,9H2,1H3,(H,21,23)(H,25,26)(H,27,28)/t12?,13-,17-/m1/s1. The highest BCUT2D eigenvalue weighted by molar-refractivity contribution is 8.00. The van der Waals surface area contributed by atoms with Gasteiger partial charge in [0.1, 0.15) is 23.7 Å². The van der Waals surface area contributed by atoms with Gasteiger partial charge in [-0.05, 0) is 12.5 Å². The lowest BCUT2D eigenvalue weighted by molar-refractivity contribution is -0.152. The molecule has 1 aromatic carbocycles. The highest BCUT2D eigenvalue weighted by Crippen LogP contribution is 2.40. The van der Waals surface area contributed by atoms with Crippen LogP contribution < -0.4 is 5.32 Å². The number of β-lactam (4-membered cyclic amide) rings is 1. The van der Waals surface area contributed by atoms with Crippen molar-refractivity contribution in [2.75, 3.05) is 12.4 Å². The summed E-state index contributed by atoms with van der Waals surface area (Å²) < 4.78 is 0. The third kappa shape index (κ3) is 4.01. The van der Waals surface area contributed by atoms with Gasteiger partial charge >= 0.3 is 11.9 Å². The minimum Gasteiger partial charge on any atom is -0.480 e. The molecule has 0 bridgehead atoms. The van der Waals surface area contributed by atoms with Crippen molar-refractivity contribution >= 4 is 41.7 Å². The van der Waals surface area contributed by atoms with Gasteiger partial charge in [-0.2, -0.15) is 0 Å². The van der Waals surface area contributed by atoms with Crippen LogP contribution in [0.3, 0.4) is 0 Å². The number of nitrogens with one attached hydrogen (secondary N) is 1. The third-order valence-corrected chi connectivity index (χ3v) is 5.85. The van der Waals surface area contributed by atoms with Crippen molar-refractivity contribution in [3.63, 3.8) is 0 Å². The zero-order valence-corrected chi connectivity index (χ0v) is 16.7. The predicted octanol–water partition coefficient (Wildman–Crippen LogP) is 0.616. The van der Waals surface area contributed by atoms with Crippen molar-refractivity contribution in [1.29, 1.82) is 0 Å². The monoisotopic (exact) mass is 433 g/mol. The van der Waals surface area contributed by atoms with Gasteiger partial charge in [-0.15, -0.1) is 11.8 Å². The molecule has 3 atom stereocenters. The van der Waals surface area contributed by atoms with E-state index in [1.807, 2.05) is 0 Å². The lowest BCUT2D eigenvalue weighted by Crippen LogP contribution is -2.71. The molecule has 158 valence electrons. The summed E-state index contributed by atoms with van der Waals surface area (Å²) in [6.07, 6.45) is 1.26. The Labute approximate surface area is 175 Å². The number of carbonyl (C=O) groups is 4. The number of amides is 2. The van der Waals surface area contributed by atoms with Crippen molar-refractivity contribution in [2.24, 2.45) is 5.16 Å². The molecule has 0 saturated carbocycles. The fraction of sp³-hybridized carbons (Fsp3) is 0.316. The average Bonchev–Trinajstić information content (AvgIpc) is 2.72. The fourth-order valence-corrected chi connectivity index (χ4v) is 4.50. The minimum absolute atomic E-state index is 0.226. The summed E-state index contributed by atoms with van der Waals surface area (Å²) in [5, 5.41) is 24.5. The molecular formula is C19H19N3O7S. The molecule has 0 aliphatic carbocycles. The van der Waals surface area contributed by atoms with E-state index in [-0.39, 0.29) is 17.0 Å². The van der Waals surface area contributed by atoms with Crippen molar-refractivity contribution in [1.82, 2.24) is 10.2 Å². The van der Waals surface area contributed by atoms with Gasteiger partial charge in [0, 0.05) is 11.3 Å². The van der Waals surface area contributed by atoms with Gasteiger partial charge in [-0.25, -0.2) is 4.79 Å². The van der Waals surface area contributed by atoms with E-state index < -0.39 is 41.1 Å². The predicted molar refractivity (Wildman–Crippen MR) is 107 cm³/mol. The van der Waals surface area contributed by atoms with E-state index in [0.29, 0.717) is 12.2 Å². The first-order chi connectivity index (χ1) is 14.4. The molecule has 1 unspecified atom stereocenters. The molecule has 2 heterocycles. The zero-order chi connectivity index (χ0) is 21.8. The maximum absolute atomic E-state index is 12.6. The van der Waals surface area contributed by atoms with Gasteiger partial charge in [-0.3, -0.25) is 19.3 Å². The number of hydrogen-bond donors (Lipinski definition) is 3. The molecule has 10 nitrogen and oxygen atoms in total. The summed E-state index contributed by atoms with van der Waals surface area (Å²) in [4.78, 5) is 54.5. The molecule has 2 aliphatic heterocycles. The molecule has 1 saturated heterocycles. The van der Waals surface area contributed by atoms with Crippen LogP contribution in [0.25, 0.3) is 0 Å². The summed E-state index contributed by atoms with van der Waals surface area (Å²) in [5.41, 5.74) is 0.363. The Morgan fingerprint density at radius 1 is 1.33 bits per heavy atom. The largest absolute Gasteiger partial charge is 0.480 e. The molecule has 0 spiro atoms. The van der Waals surface area contributed by atoms with E-state index in [1.54, 1.807) is 25.1 Å². The van der Waals surface area contributed by atoms with Gasteiger partial charge in [-0.1, -0.05) is 35.5 Å². The maximum Gasteiger partial charge on any atom is 0.353 e. The van der Waals surface area contributed by atoms with E-state index in [4.69, 9.17) is 4.84 Å². The van der Waals surface area contributed by atoms with Crippen LogP contribution in [0.1, 0.15) is 18.4 Å². The first-order valence-corrected chi connectivity index (χ1v) is 10.1. The molecule has 0 radical (unpaired) electrons. The van der Waals surface area contributed by atoms with Crippen LogP contribution in [0, 0.1) is 0 Å². The molecule has 11 heteroatoms. The number of aliphatic carboxylic acids is 2. The van der Waals surface area contributed by atoms with Gasteiger partial charge in [0.15, 0.2) is 5.92 Å². The SMILES string of the molecule is CCON=CC1=C(C(=O)O)N2C(=O)[C@@H](NC(=O)C(C(=O)O)c3ccccc3)[C@H]2SC1. The highest BCUT2D eigenvalue weighted by atomic mass is 32.2. The summed E-state index contributed by atoms with van der Waals surface area (Å²) in [7, 11) is 0. The average molecular weight is 433 g/mol. The van der Waals surface area contributed by atoms with Crippen molar-refractivity contribution in [3.05, 3.63) is 47.2 Å². The Hall–Kier alpha value is -3.34. The number of fused-ring (bicyclic) bond motifs is 1. The quantitative estimate of drug-likeness (QED) is 0.234. The highest BCUT2D eigenvalue weighted by Gasteiger charge is 2.54. The van der Waals surface area contributed by atoms with Crippen LogP contribution in [-0.2, 0) is 24.0 Å². The van der Waals surface area contributed by atoms with Gasteiger partial charge in [0.2, 0.25) is 5.91 Å². The van der Waals surface area contributed by atoms with E-state index in [2.05, 4.69) is 10.5 Å². The van der Waals surface area contributed by atoms with E-state index in [9.17, 15) is 29.4 Å². The first kappa shape index (κ1) is 21.4. The van der Waals surface area contributed by atoms with Gasteiger partial charge < -0.3 is 20.4 Å². The lowest BCUT2D eigenvalue weighted by atomic mass is 9.96. The number of hydrogen-bond acceptors (Lipinski definition) is 7. The number of oxime groups is 1. The third-order valence-electron chi connectivity index (χ3n) is 4.55. The molecule has 1 fully saturated rings. The molecule has 2 amide bonds. The van der Waals surface area contributed by atoms with Crippen LogP contribution in [0.5, 0.6) is 0 Å². The lowest BCUT2D eigenvalue weighted by Gasteiger charge is -2.49. The molecule has 30 heavy (non-hydrogen) atoms. The van der Waals surface area contributed by atoms with Crippen LogP contribution >= 0.6 is 11.8 Å². The van der Waals surface area contributed by atoms with Crippen molar-refractivity contribution in [3.8, 4) is 0 Å². The van der Waals surface area contributed by atoms with Crippen LogP contribution in [-0.4, -0.2) is 68.9 Å². The number of thioether (sulfide) groups is 1. The van der Waals surface area contributed by atoms with Crippen molar-refractivity contribution < 1.29 is 34.2 Å². The second-order valence-electron chi connectivity index (χ2n) is 6.41. The smallest absolute Gasteiger partial charge is 0.353 e. The van der Waals surface area contributed by atoms with Crippen LogP contribution in [0.15, 0.2) is 46.8 Å². The van der Waals surface area contributed by atoms with E-state index >= 15 is 0 Å². The second kappa shape index (κ2) is 8.99. The summed E-state index contributed by atoms with van der Waals surface area (Å²) >= 11 is 1.24. The number of rotatable bonds is 8. The molecular weight excluding hydrogens is 414 g/mol. The summed E-state index contributed by atoms with van der Waals surface area (Å²) in [5.74, 6) is -5.36. The molecule has 3 rings (SSSR count). The first-order valence-electron chi connectivity index (χ1n) is 9.01. The van der Waals surface area contributed by atoms with Gasteiger partial charge in [0.25, 0.3) is 5.91 Å². The maximum atomic E-state index is 12.6. The summed E-state index contributed by atoms with van der Waals surface area (Å²) in [6, 6.07) is 6.92. The molecule has 0 aromatic heterocycles. The van der Waals surface area contributed by atoms with Gasteiger partial charge in [0.05, 0.1) is 6.21 Å². The van der Waals surface area contributed by atoms with E-state index in [1.165, 1.54) is 30.1 Å². The van der Waals surface area contributed by atoms with Crippen LogP contribution in [0.4, 0.5) is 0 Å². The minimum atomic E-state index is -1.48. The summed E-state index contributed by atoms with van der Waals surface area (Å²) in [6.45, 7) is 2.03. The topological polar surface area (TPSA) is 146 Å². The molecule has 3 N–H and O–H groups in total. The fourth-order valence-electron chi connectivity index (χ4n) is 3.21. The van der Waals surface area contributed by atoms with Crippen molar-refractivity contribution in [2.45, 2.75) is 24.3 Å². The van der Waals surface area contributed by atoms with Crippen LogP contribution in [0.2, 0.25) is 0 Å². The number of benzene rings is 1. The Morgan fingerprint density at radius 2 is 2.03 bits per heavy atom. The number of carboxylic acids is 2. The normalized spacial score (nSPS) is 21.6. The number of nitrogens with zero attached hydrogens (tertiary/aromatic N) is 2. The Bertz CT molecular complexity index is 931. The number of carboxylic acid groups (broad SMARTS) is 2. The molecule has 2 aliphatic rings. The second-order valence-corrected chi connectivity index (χ2v) is 7.51. The Morgan fingerprint density at radius 3 is 2.63 bits per heavy atom. The Kier molecular flexibility index (Phi) is 6.40. The Balaban J connectivity index is 1.78. The molecule has 1 aromatic rings. The zero-order valence-electron chi connectivity index (χ0n) is 15.8. The van der Waals surface area contributed by atoms with E-state index in [0.717, 1.165) is 4.90 Å².